The highest BCUT2D eigenvalue weighted by Crippen LogP contribution is 2.28. The molecule has 0 aliphatic rings. The summed E-state index contributed by atoms with van der Waals surface area (Å²) in [7, 11) is 0. The van der Waals surface area contributed by atoms with Gasteiger partial charge in [-0.2, -0.15) is 0 Å². The van der Waals surface area contributed by atoms with Gasteiger partial charge in [0.1, 0.15) is 11.1 Å². The van der Waals surface area contributed by atoms with Crippen molar-refractivity contribution in [1.29, 1.82) is 0 Å². The van der Waals surface area contributed by atoms with Crippen LogP contribution in [-0.4, -0.2) is 16.0 Å². The summed E-state index contributed by atoms with van der Waals surface area (Å²) in [6.07, 6.45) is 1.71. The molecule has 17 heavy (non-hydrogen) atoms. The second-order valence-electron chi connectivity index (χ2n) is 4.33. The van der Waals surface area contributed by atoms with Crippen LogP contribution in [0.15, 0.2) is 10.7 Å². The van der Waals surface area contributed by atoms with E-state index in [1.165, 1.54) is 0 Å². The Morgan fingerprint density at radius 1 is 1.35 bits per heavy atom. The molecular formula is C12H17N3OS. The fraction of sp³-hybridized carbons (Fsp3) is 0.500. The summed E-state index contributed by atoms with van der Waals surface area (Å²) >= 11 is 1.62. The summed E-state index contributed by atoms with van der Waals surface area (Å²) < 4.78 is 5.50. The van der Waals surface area contributed by atoms with Crippen molar-refractivity contribution in [2.75, 3.05) is 0 Å². The number of hydrogen-bond acceptors (Lipinski definition) is 5. The molecule has 0 saturated carbocycles. The number of nitrogens with one attached hydrogen (secondary N) is 1. The van der Waals surface area contributed by atoms with Gasteiger partial charge < -0.3 is 9.73 Å². The van der Waals surface area contributed by atoms with Crippen LogP contribution in [0.2, 0.25) is 0 Å². The zero-order valence-electron chi connectivity index (χ0n) is 10.6. The Morgan fingerprint density at radius 2 is 2.12 bits per heavy atom. The van der Waals surface area contributed by atoms with Crippen molar-refractivity contribution >= 4 is 11.3 Å². The van der Waals surface area contributed by atoms with Gasteiger partial charge in [-0.3, -0.25) is 0 Å². The molecule has 1 N–H and O–H groups in total. The lowest BCUT2D eigenvalue weighted by atomic mass is 10.3. The summed E-state index contributed by atoms with van der Waals surface area (Å²) in [5.74, 6) is 0.675. The molecule has 0 radical (unpaired) electrons. The largest absolute Gasteiger partial charge is 0.443 e. The van der Waals surface area contributed by atoms with E-state index in [4.69, 9.17) is 4.42 Å². The standard InChI is InChI=1S/C12H17N3OS/c1-7(2)13-5-10-6-16-12(15-10)11-8(3)14-9(4)17-11/h6-7,13H,5H2,1-4H3. The van der Waals surface area contributed by atoms with Crippen LogP contribution in [0.3, 0.4) is 0 Å². The minimum absolute atomic E-state index is 0.447. The van der Waals surface area contributed by atoms with Crippen LogP contribution in [-0.2, 0) is 6.54 Å². The van der Waals surface area contributed by atoms with Crippen LogP contribution < -0.4 is 5.32 Å². The van der Waals surface area contributed by atoms with E-state index in [0.717, 1.165) is 27.8 Å². The molecule has 2 aromatic rings. The maximum atomic E-state index is 5.50. The Kier molecular flexibility index (Phi) is 3.59. The second-order valence-corrected chi connectivity index (χ2v) is 5.53. The van der Waals surface area contributed by atoms with Gasteiger partial charge in [-0.25, -0.2) is 9.97 Å². The predicted molar refractivity (Wildman–Crippen MR) is 69.1 cm³/mol. The fourth-order valence-corrected chi connectivity index (χ4v) is 2.38. The second kappa shape index (κ2) is 4.98. The minimum atomic E-state index is 0.447. The van der Waals surface area contributed by atoms with E-state index >= 15 is 0 Å². The lowest BCUT2D eigenvalue weighted by Crippen LogP contribution is -2.21. The Hall–Kier alpha value is -1.20. The van der Waals surface area contributed by atoms with Crippen LogP contribution >= 0.6 is 11.3 Å². The summed E-state index contributed by atoms with van der Waals surface area (Å²) in [6.45, 7) is 8.92. The predicted octanol–water partition coefficient (Wildman–Crippen LogP) is 2.91. The van der Waals surface area contributed by atoms with Crippen molar-refractivity contribution in [2.24, 2.45) is 0 Å². The van der Waals surface area contributed by atoms with Gasteiger partial charge in [-0.15, -0.1) is 11.3 Å². The van der Waals surface area contributed by atoms with Crippen molar-refractivity contribution < 1.29 is 4.42 Å². The van der Waals surface area contributed by atoms with Crippen molar-refractivity contribution in [3.63, 3.8) is 0 Å². The molecule has 0 fully saturated rings. The zero-order valence-corrected chi connectivity index (χ0v) is 11.4. The lowest BCUT2D eigenvalue weighted by Gasteiger charge is -2.03. The number of rotatable bonds is 4. The first-order valence-corrected chi connectivity index (χ1v) is 6.50. The fourth-order valence-electron chi connectivity index (χ4n) is 1.53. The summed E-state index contributed by atoms with van der Waals surface area (Å²) in [5, 5.41) is 4.35. The van der Waals surface area contributed by atoms with E-state index in [9.17, 15) is 0 Å². The molecule has 92 valence electrons. The molecule has 0 bridgehead atoms. The maximum absolute atomic E-state index is 5.50. The summed E-state index contributed by atoms with van der Waals surface area (Å²) in [6, 6.07) is 0.447. The Morgan fingerprint density at radius 3 is 2.71 bits per heavy atom. The molecular weight excluding hydrogens is 234 g/mol. The molecule has 0 aromatic carbocycles. The Bertz CT molecular complexity index is 502. The molecule has 4 nitrogen and oxygen atoms in total. The third-order valence-corrected chi connectivity index (χ3v) is 3.40. The summed E-state index contributed by atoms with van der Waals surface area (Å²) in [5.41, 5.74) is 1.91. The number of aryl methyl sites for hydroxylation is 2. The van der Waals surface area contributed by atoms with Gasteiger partial charge in [-0.05, 0) is 13.8 Å². The van der Waals surface area contributed by atoms with Gasteiger partial charge in [0.05, 0.1) is 16.4 Å². The normalized spacial score (nSPS) is 11.4. The van der Waals surface area contributed by atoms with Gasteiger partial charge in [-0.1, -0.05) is 13.8 Å². The third kappa shape index (κ3) is 2.92. The topological polar surface area (TPSA) is 51.0 Å². The van der Waals surface area contributed by atoms with Crippen molar-refractivity contribution in [2.45, 2.75) is 40.3 Å². The van der Waals surface area contributed by atoms with Gasteiger partial charge in [0.2, 0.25) is 5.89 Å². The van der Waals surface area contributed by atoms with E-state index in [1.54, 1.807) is 17.6 Å². The molecule has 5 heteroatoms. The SMILES string of the molecule is Cc1nc(C)c(-c2nc(CNC(C)C)co2)s1. The number of nitrogens with zero attached hydrogens (tertiary/aromatic N) is 2. The molecule has 2 rings (SSSR count). The molecule has 0 atom stereocenters. The van der Waals surface area contributed by atoms with Crippen LogP contribution in [0.1, 0.15) is 30.2 Å². The molecule has 0 spiro atoms. The third-order valence-electron chi connectivity index (χ3n) is 2.34. The van der Waals surface area contributed by atoms with E-state index in [-0.39, 0.29) is 0 Å². The van der Waals surface area contributed by atoms with Gasteiger partial charge in [0.15, 0.2) is 0 Å². The Balaban J connectivity index is 2.15. The molecule has 2 aromatic heterocycles. The molecule has 2 heterocycles. The van der Waals surface area contributed by atoms with Crippen molar-refractivity contribution in [3.05, 3.63) is 22.7 Å². The molecule has 0 unspecified atom stereocenters. The van der Waals surface area contributed by atoms with Crippen LogP contribution in [0, 0.1) is 13.8 Å². The molecule has 0 aliphatic heterocycles. The maximum Gasteiger partial charge on any atom is 0.238 e. The monoisotopic (exact) mass is 251 g/mol. The highest BCUT2D eigenvalue weighted by molar-refractivity contribution is 7.15. The lowest BCUT2D eigenvalue weighted by molar-refractivity contribution is 0.560. The number of thiazole rings is 1. The highest BCUT2D eigenvalue weighted by Gasteiger charge is 2.13. The quantitative estimate of drug-likeness (QED) is 0.907. The van der Waals surface area contributed by atoms with E-state index in [2.05, 4.69) is 29.1 Å². The Labute approximate surface area is 105 Å². The van der Waals surface area contributed by atoms with Crippen LogP contribution in [0.5, 0.6) is 0 Å². The number of aromatic nitrogens is 2. The first kappa shape index (κ1) is 12.3. The zero-order chi connectivity index (χ0) is 12.4. The van der Waals surface area contributed by atoms with Crippen LogP contribution in [0.4, 0.5) is 0 Å². The van der Waals surface area contributed by atoms with Crippen LogP contribution in [0.25, 0.3) is 10.8 Å². The first-order chi connectivity index (χ1) is 8.06. The first-order valence-electron chi connectivity index (χ1n) is 5.68. The molecule has 0 saturated heterocycles. The van der Waals surface area contributed by atoms with Crippen molar-refractivity contribution in [1.82, 2.24) is 15.3 Å². The smallest absolute Gasteiger partial charge is 0.238 e. The number of hydrogen-bond donors (Lipinski definition) is 1. The average molecular weight is 251 g/mol. The number of oxazole rings is 1. The van der Waals surface area contributed by atoms with Crippen molar-refractivity contribution in [3.8, 4) is 10.8 Å². The van der Waals surface area contributed by atoms with E-state index in [1.807, 2.05) is 13.8 Å². The minimum Gasteiger partial charge on any atom is -0.443 e. The van der Waals surface area contributed by atoms with E-state index in [0.29, 0.717) is 11.9 Å². The van der Waals surface area contributed by atoms with E-state index < -0.39 is 0 Å². The average Bonchev–Trinajstić information content (AvgIpc) is 2.82. The molecule has 0 aliphatic carbocycles. The highest BCUT2D eigenvalue weighted by atomic mass is 32.1. The van der Waals surface area contributed by atoms with Gasteiger partial charge in [0.25, 0.3) is 0 Å². The van der Waals surface area contributed by atoms with Gasteiger partial charge in [0, 0.05) is 12.6 Å². The molecule has 0 amide bonds. The summed E-state index contributed by atoms with van der Waals surface area (Å²) in [4.78, 5) is 9.87. The van der Waals surface area contributed by atoms with Gasteiger partial charge >= 0.3 is 0 Å².